The minimum atomic E-state index is -3.74. The molecule has 0 aliphatic rings. The van der Waals surface area contributed by atoms with Gasteiger partial charge in [0.1, 0.15) is 5.75 Å². The van der Waals surface area contributed by atoms with Crippen LogP contribution in [0, 0.1) is 0 Å². The van der Waals surface area contributed by atoms with Crippen LogP contribution in [0.1, 0.15) is 5.56 Å². The predicted octanol–water partition coefficient (Wildman–Crippen LogP) is -0.0154. The molecule has 1 aromatic rings. The lowest BCUT2D eigenvalue weighted by Crippen LogP contribution is -2.30. The molecule has 0 spiro atoms. The van der Waals surface area contributed by atoms with Crippen molar-refractivity contribution in [3.63, 3.8) is 0 Å². The molecule has 0 heterocycles. The first-order valence-electron chi connectivity index (χ1n) is 4.75. The summed E-state index contributed by atoms with van der Waals surface area (Å²) in [4.78, 5) is 10.8. The highest BCUT2D eigenvalue weighted by atomic mass is 32.2. The highest BCUT2D eigenvalue weighted by molar-refractivity contribution is 7.90. The second kappa shape index (κ2) is 5.65. The number of para-hydroxylation sites is 1. The van der Waals surface area contributed by atoms with Crippen molar-refractivity contribution in [1.82, 2.24) is 4.72 Å². The number of phenols is 1. The van der Waals surface area contributed by atoms with Crippen LogP contribution in [0.5, 0.6) is 5.75 Å². The molecule has 94 valence electrons. The zero-order valence-corrected chi connectivity index (χ0v) is 10.0. The summed E-state index contributed by atoms with van der Waals surface area (Å²) in [6, 6.07) is 6.32. The first-order chi connectivity index (χ1) is 7.94. The van der Waals surface area contributed by atoms with Gasteiger partial charge in [0, 0.05) is 12.1 Å². The van der Waals surface area contributed by atoms with E-state index in [-0.39, 0.29) is 12.3 Å². The first-order valence-corrected chi connectivity index (χ1v) is 6.41. The van der Waals surface area contributed by atoms with Gasteiger partial charge < -0.3 is 9.84 Å². The monoisotopic (exact) mass is 259 g/mol. The van der Waals surface area contributed by atoms with Crippen LogP contribution in [0.25, 0.3) is 0 Å². The van der Waals surface area contributed by atoms with Crippen molar-refractivity contribution in [2.45, 2.75) is 6.54 Å². The van der Waals surface area contributed by atoms with E-state index in [9.17, 15) is 18.3 Å². The summed E-state index contributed by atoms with van der Waals surface area (Å²) in [6.45, 7) is -0.0774. The van der Waals surface area contributed by atoms with Gasteiger partial charge in [0.2, 0.25) is 10.0 Å². The second-order valence-corrected chi connectivity index (χ2v) is 5.09. The number of hydrogen-bond acceptors (Lipinski definition) is 5. The van der Waals surface area contributed by atoms with Crippen LogP contribution >= 0.6 is 0 Å². The standard InChI is InChI=1S/C10H13NO5S/c1-16-10(13)7-17(14,15)11-6-8-4-2-3-5-9(8)12/h2-5,11-12H,6-7H2,1H3. The van der Waals surface area contributed by atoms with E-state index in [4.69, 9.17) is 0 Å². The molecule has 0 aromatic heterocycles. The fourth-order valence-electron chi connectivity index (χ4n) is 1.11. The maximum atomic E-state index is 11.4. The Hall–Kier alpha value is -1.60. The van der Waals surface area contributed by atoms with Crippen LogP contribution in [0.2, 0.25) is 0 Å². The number of hydrogen-bond donors (Lipinski definition) is 2. The van der Waals surface area contributed by atoms with Crippen molar-refractivity contribution < 1.29 is 23.1 Å². The Kier molecular flexibility index (Phi) is 4.47. The molecule has 7 heteroatoms. The number of carbonyl (C=O) groups excluding carboxylic acids is 1. The average molecular weight is 259 g/mol. The van der Waals surface area contributed by atoms with Gasteiger partial charge in [-0.05, 0) is 6.07 Å². The molecular formula is C10H13NO5S. The molecular weight excluding hydrogens is 246 g/mol. The number of esters is 1. The molecule has 0 radical (unpaired) electrons. The number of rotatable bonds is 5. The highest BCUT2D eigenvalue weighted by Gasteiger charge is 2.16. The summed E-state index contributed by atoms with van der Waals surface area (Å²) in [5.74, 6) is -1.58. The van der Waals surface area contributed by atoms with Gasteiger partial charge in [-0.1, -0.05) is 18.2 Å². The maximum Gasteiger partial charge on any atom is 0.322 e. The molecule has 6 nitrogen and oxygen atoms in total. The number of aromatic hydroxyl groups is 1. The van der Waals surface area contributed by atoms with Gasteiger partial charge in [-0.2, -0.15) is 0 Å². The van der Waals surface area contributed by atoms with E-state index >= 15 is 0 Å². The molecule has 2 N–H and O–H groups in total. The van der Waals surface area contributed by atoms with Gasteiger partial charge in [-0.15, -0.1) is 0 Å². The van der Waals surface area contributed by atoms with Gasteiger partial charge in [-0.3, -0.25) is 4.79 Å². The molecule has 0 saturated carbocycles. The summed E-state index contributed by atoms with van der Waals surface area (Å²) < 4.78 is 29.2. The smallest absolute Gasteiger partial charge is 0.322 e. The second-order valence-electron chi connectivity index (χ2n) is 3.29. The van der Waals surface area contributed by atoms with E-state index < -0.39 is 21.7 Å². The Balaban J connectivity index is 2.62. The van der Waals surface area contributed by atoms with Crippen LogP contribution in [0.3, 0.4) is 0 Å². The molecule has 17 heavy (non-hydrogen) atoms. The minimum Gasteiger partial charge on any atom is -0.508 e. The lowest BCUT2D eigenvalue weighted by molar-refractivity contribution is -0.137. The minimum absolute atomic E-state index is 0.00623. The van der Waals surface area contributed by atoms with Crippen molar-refractivity contribution >= 4 is 16.0 Å². The SMILES string of the molecule is COC(=O)CS(=O)(=O)NCc1ccccc1O. The maximum absolute atomic E-state index is 11.4. The van der Waals surface area contributed by atoms with Crippen LogP contribution in [0.15, 0.2) is 24.3 Å². The van der Waals surface area contributed by atoms with Gasteiger partial charge >= 0.3 is 5.97 Å². The van der Waals surface area contributed by atoms with Gasteiger partial charge in [0.15, 0.2) is 5.75 Å². The van der Waals surface area contributed by atoms with Crippen LogP contribution < -0.4 is 4.72 Å². The summed E-state index contributed by atoms with van der Waals surface area (Å²) in [7, 11) is -2.63. The zero-order valence-electron chi connectivity index (χ0n) is 9.21. The summed E-state index contributed by atoms with van der Waals surface area (Å²) in [5.41, 5.74) is 0.431. The highest BCUT2D eigenvalue weighted by Crippen LogP contribution is 2.15. The normalized spacial score (nSPS) is 11.1. The number of methoxy groups -OCH3 is 1. The first kappa shape index (κ1) is 13.5. The van der Waals surface area contributed by atoms with Crippen LogP contribution in [0.4, 0.5) is 0 Å². The van der Waals surface area contributed by atoms with Crippen molar-refractivity contribution in [3.8, 4) is 5.75 Å². The van der Waals surface area contributed by atoms with Crippen molar-refractivity contribution in [1.29, 1.82) is 0 Å². The average Bonchev–Trinajstić information content (AvgIpc) is 2.27. The predicted molar refractivity (Wildman–Crippen MR) is 60.7 cm³/mol. The lowest BCUT2D eigenvalue weighted by Gasteiger charge is -2.06. The number of carbonyl (C=O) groups is 1. The molecule has 0 amide bonds. The zero-order chi connectivity index (χ0) is 12.9. The van der Waals surface area contributed by atoms with Gasteiger partial charge in [0.25, 0.3) is 0 Å². The number of nitrogens with one attached hydrogen (secondary N) is 1. The van der Waals surface area contributed by atoms with Crippen molar-refractivity contribution in [2.24, 2.45) is 0 Å². The van der Waals surface area contributed by atoms with E-state index in [1.165, 1.54) is 6.07 Å². The quantitative estimate of drug-likeness (QED) is 0.725. The molecule has 0 bridgehead atoms. The largest absolute Gasteiger partial charge is 0.508 e. The molecule has 0 saturated heterocycles. The van der Waals surface area contributed by atoms with Gasteiger partial charge in [-0.25, -0.2) is 13.1 Å². The Bertz CT molecular complexity index is 497. The Morgan fingerprint density at radius 2 is 2.06 bits per heavy atom. The fraction of sp³-hybridized carbons (Fsp3) is 0.300. The third kappa shape index (κ3) is 4.41. The van der Waals surface area contributed by atoms with E-state index in [2.05, 4.69) is 9.46 Å². The number of benzene rings is 1. The van der Waals surface area contributed by atoms with E-state index in [0.29, 0.717) is 5.56 Å². The molecule has 0 atom stereocenters. The molecule has 1 aromatic carbocycles. The Morgan fingerprint density at radius 1 is 1.41 bits per heavy atom. The molecule has 0 fully saturated rings. The Morgan fingerprint density at radius 3 is 2.65 bits per heavy atom. The number of ether oxygens (including phenoxy) is 1. The molecule has 1 rings (SSSR count). The summed E-state index contributed by atoms with van der Waals surface area (Å²) in [5, 5.41) is 9.41. The topological polar surface area (TPSA) is 92.7 Å². The molecule has 0 aliphatic carbocycles. The third-order valence-corrected chi connectivity index (χ3v) is 3.21. The van der Waals surface area contributed by atoms with Gasteiger partial charge in [0.05, 0.1) is 7.11 Å². The summed E-state index contributed by atoms with van der Waals surface area (Å²) >= 11 is 0. The van der Waals surface area contributed by atoms with Crippen molar-refractivity contribution in [3.05, 3.63) is 29.8 Å². The lowest BCUT2D eigenvalue weighted by atomic mass is 10.2. The van der Waals surface area contributed by atoms with E-state index in [1.54, 1.807) is 18.2 Å². The number of phenolic OH excluding ortho intramolecular Hbond substituents is 1. The number of sulfonamides is 1. The molecule has 0 unspecified atom stereocenters. The van der Waals surface area contributed by atoms with Crippen LogP contribution in [-0.2, 0) is 26.1 Å². The van der Waals surface area contributed by atoms with E-state index in [1.807, 2.05) is 0 Å². The third-order valence-electron chi connectivity index (χ3n) is 2.01. The fourth-order valence-corrected chi connectivity index (χ4v) is 2.02. The Labute approximate surface area is 99.3 Å². The van der Waals surface area contributed by atoms with Crippen molar-refractivity contribution in [2.75, 3.05) is 12.9 Å². The molecule has 0 aliphatic heterocycles. The summed E-state index contributed by atoms with van der Waals surface area (Å²) in [6.07, 6.45) is 0. The van der Waals surface area contributed by atoms with Crippen LogP contribution in [-0.4, -0.2) is 32.4 Å². The van der Waals surface area contributed by atoms with E-state index in [0.717, 1.165) is 7.11 Å².